The lowest BCUT2D eigenvalue weighted by atomic mass is 10.0. The van der Waals surface area contributed by atoms with Crippen LogP contribution in [0.2, 0.25) is 0 Å². The Hall–Kier alpha value is -3.41. The minimum atomic E-state index is -0.996. The number of aromatic nitrogens is 3. The Bertz CT molecular complexity index is 1230. The molecule has 3 aromatic heterocycles. The second kappa shape index (κ2) is 7.54. The highest BCUT2D eigenvalue weighted by molar-refractivity contribution is 6.07. The molecule has 4 rings (SSSR count). The average molecular weight is 389 g/mol. The normalized spacial score (nSPS) is 11.3. The molecule has 0 saturated heterocycles. The third-order valence-electron chi connectivity index (χ3n) is 5.12. The van der Waals surface area contributed by atoms with Gasteiger partial charge in [0.2, 0.25) is 0 Å². The van der Waals surface area contributed by atoms with E-state index >= 15 is 0 Å². The summed E-state index contributed by atoms with van der Waals surface area (Å²) in [4.78, 5) is 21.2. The first kappa shape index (κ1) is 18.9. The molecule has 0 fully saturated rings. The van der Waals surface area contributed by atoms with Gasteiger partial charge in [-0.2, -0.15) is 0 Å². The van der Waals surface area contributed by atoms with Crippen molar-refractivity contribution < 1.29 is 14.6 Å². The van der Waals surface area contributed by atoms with Gasteiger partial charge < -0.3 is 14.2 Å². The standard InChI is InChI=1S/C23H23N3O3/c1-4-5-10-29-19-7-6-14(2)21-20(19)17(23(27)28)12-18(25-21)22-15(3)11-16-13-24-8-9-26(16)22/h6-9,11-13H,4-5,10H2,1-3H3,(H,27,28). The zero-order valence-corrected chi connectivity index (χ0v) is 16.8. The fourth-order valence-electron chi connectivity index (χ4n) is 3.67. The van der Waals surface area contributed by atoms with Crippen LogP contribution in [0.1, 0.15) is 41.3 Å². The van der Waals surface area contributed by atoms with Crippen LogP contribution in [0.25, 0.3) is 27.8 Å². The van der Waals surface area contributed by atoms with E-state index in [4.69, 9.17) is 9.72 Å². The molecule has 0 saturated carbocycles. The predicted octanol–water partition coefficient (Wildman–Crippen LogP) is 5.04. The molecule has 6 nitrogen and oxygen atoms in total. The summed E-state index contributed by atoms with van der Waals surface area (Å²) in [6.07, 6.45) is 7.27. The van der Waals surface area contributed by atoms with Crippen LogP contribution >= 0.6 is 0 Å². The molecule has 0 radical (unpaired) electrons. The summed E-state index contributed by atoms with van der Waals surface area (Å²) in [6.45, 7) is 6.57. The van der Waals surface area contributed by atoms with Crippen LogP contribution in [0.5, 0.6) is 5.75 Å². The molecule has 1 N–H and O–H groups in total. The van der Waals surface area contributed by atoms with Gasteiger partial charge >= 0.3 is 5.97 Å². The van der Waals surface area contributed by atoms with Gasteiger partial charge in [0.1, 0.15) is 5.75 Å². The fourth-order valence-corrected chi connectivity index (χ4v) is 3.67. The number of carboxylic acids is 1. The zero-order chi connectivity index (χ0) is 20.5. The van der Waals surface area contributed by atoms with Crippen LogP contribution in [-0.4, -0.2) is 32.1 Å². The monoisotopic (exact) mass is 389 g/mol. The summed E-state index contributed by atoms with van der Waals surface area (Å²) < 4.78 is 7.90. The lowest BCUT2D eigenvalue weighted by Crippen LogP contribution is -2.05. The largest absolute Gasteiger partial charge is 0.493 e. The van der Waals surface area contributed by atoms with E-state index in [1.54, 1.807) is 18.5 Å². The number of hydrogen-bond donors (Lipinski definition) is 1. The van der Waals surface area contributed by atoms with Crippen molar-refractivity contribution in [1.82, 2.24) is 14.4 Å². The first-order chi connectivity index (χ1) is 14.0. The van der Waals surface area contributed by atoms with E-state index in [0.717, 1.165) is 35.2 Å². The van der Waals surface area contributed by atoms with Gasteiger partial charge in [-0.3, -0.25) is 4.98 Å². The number of hydrogen-bond acceptors (Lipinski definition) is 4. The summed E-state index contributed by atoms with van der Waals surface area (Å²) in [5.74, 6) is -0.429. The van der Waals surface area contributed by atoms with Crippen molar-refractivity contribution in [3.63, 3.8) is 0 Å². The number of aromatic carboxylic acids is 1. The van der Waals surface area contributed by atoms with Crippen LogP contribution in [0.3, 0.4) is 0 Å². The number of benzene rings is 1. The lowest BCUT2D eigenvalue weighted by molar-refractivity contribution is 0.0698. The molecule has 0 amide bonds. The van der Waals surface area contributed by atoms with E-state index in [9.17, 15) is 9.90 Å². The van der Waals surface area contributed by atoms with Gasteiger partial charge in [-0.15, -0.1) is 0 Å². The van der Waals surface area contributed by atoms with E-state index in [0.29, 0.717) is 29.0 Å². The van der Waals surface area contributed by atoms with Gasteiger partial charge in [-0.25, -0.2) is 9.78 Å². The summed E-state index contributed by atoms with van der Waals surface area (Å²) in [5, 5.41) is 10.5. The minimum absolute atomic E-state index is 0.198. The quantitative estimate of drug-likeness (QED) is 0.467. The summed E-state index contributed by atoms with van der Waals surface area (Å²) in [7, 11) is 0. The molecule has 0 unspecified atom stereocenters. The average Bonchev–Trinajstić information content (AvgIpc) is 3.05. The Labute approximate surface area is 168 Å². The Morgan fingerprint density at radius 2 is 2.03 bits per heavy atom. The maximum absolute atomic E-state index is 12.2. The van der Waals surface area contributed by atoms with Crippen LogP contribution < -0.4 is 4.74 Å². The number of carboxylic acid groups (broad SMARTS) is 1. The number of carbonyl (C=O) groups is 1. The first-order valence-corrected chi connectivity index (χ1v) is 9.73. The van der Waals surface area contributed by atoms with E-state index < -0.39 is 5.97 Å². The Morgan fingerprint density at radius 1 is 1.21 bits per heavy atom. The number of nitrogens with zero attached hydrogens (tertiary/aromatic N) is 3. The van der Waals surface area contributed by atoms with Crippen molar-refractivity contribution in [3.05, 3.63) is 59.5 Å². The molecule has 148 valence electrons. The molecular weight excluding hydrogens is 366 g/mol. The highest BCUT2D eigenvalue weighted by Gasteiger charge is 2.20. The van der Waals surface area contributed by atoms with Crippen molar-refractivity contribution in [2.75, 3.05) is 6.61 Å². The molecule has 0 spiro atoms. The van der Waals surface area contributed by atoms with Gasteiger partial charge in [-0.1, -0.05) is 19.4 Å². The van der Waals surface area contributed by atoms with Crippen molar-refractivity contribution in [3.8, 4) is 17.1 Å². The molecule has 1 aromatic carbocycles. The molecule has 0 atom stereocenters. The van der Waals surface area contributed by atoms with Gasteiger partial charge in [0.15, 0.2) is 0 Å². The lowest BCUT2D eigenvalue weighted by Gasteiger charge is -2.14. The van der Waals surface area contributed by atoms with Crippen molar-refractivity contribution >= 4 is 22.4 Å². The van der Waals surface area contributed by atoms with Crippen LogP contribution in [-0.2, 0) is 0 Å². The smallest absolute Gasteiger partial charge is 0.336 e. The van der Waals surface area contributed by atoms with E-state index in [1.807, 2.05) is 42.6 Å². The second-order valence-corrected chi connectivity index (χ2v) is 7.21. The molecule has 3 heterocycles. The van der Waals surface area contributed by atoms with Gasteiger partial charge in [0, 0.05) is 12.4 Å². The summed E-state index contributed by atoms with van der Waals surface area (Å²) >= 11 is 0. The molecule has 0 aliphatic carbocycles. The van der Waals surface area contributed by atoms with E-state index in [1.165, 1.54) is 0 Å². The van der Waals surface area contributed by atoms with Crippen LogP contribution in [0.15, 0.2) is 42.9 Å². The highest BCUT2D eigenvalue weighted by Crippen LogP contribution is 2.35. The summed E-state index contributed by atoms with van der Waals surface area (Å²) in [6, 6.07) is 7.43. The van der Waals surface area contributed by atoms with Gasteiger partial charge in [0.25, 0.3) is 0 Å². The molecule has 29 heavy (non-hydrogen) atoms. The number of unbranched alkanes of at least 4 members (excludes halogenated alkanes) is 1. The predicted molar refractivity (Wildman–Crippen MR) is 113 cm³/mol. The van der Waals surface area contributed by atoms with E-state index in [2.05, 4.69) is 11.9 Å². The molecular formula is C23H23N3O3. The number of rotatable bonds is 6. The van der Waals surface area contributed by atoms with Crippen LogP contribution in [0, 0.1) is 13.8 Å². The maximum Gasteiger partial charge on any atom is 0.336 e. The zero-order valence-electron chi connectivity index (χ0n) is 16.8. The molecule has 4 aromatic rings. The van der Waals surface area contributed by atoms with Gasteiger partial charge in [0.05, 0.1) is 46.2 Å². The Morgan fingerprint density at radius 3 is 2.79 bits per heavy atom. The highest BCUT2D eigenvalue weighted by atomic mass is 16.5. The SMILES string of the molecule is CCCCOc1ccc(C)c2nc(-c3c(C)cc4cnccn34)cc(C(=O)O)c12. The van der Waals surface area contributed by atoms with Gasteiger partial charge in [-0.05, 0) is 49.6 Å². The molecule has 0 aliphatic rings. The van der Waals surface area contributed by atoms with Crippen molar-refractivity contribution in [1.29, 1.82) is 0 Å². The second-order valence-electron chi connectivity index (χ2n) is 7.21. The van der Waals surface area contributed by atoms with Crippen molar-refractivity contribution in [2.45, 2.75) is 33.6 Å². The summed E-state index contributed by atoms with van der Waals surface area (Å²) in [5.41, 5.74) is 5.19. The maximum atomic E-state index is 12.2. The molecule has 6 heteroatoms. The minimum Gasteiger partial charge on any atom is -0.493 e. The molecule has 0 aliphatic heterocycles. The third-order valence-corrected chi connectivity index (χ3v) is 5.12. The first-order valence-electron chi connectivity index (χ1n) is 9.73. The topological polar surface area (TPSA) is 76.7 Å². The number of fused-ring (bicyclic) bond motifs is 2. The fraction of sp³-hybridized carbons (Fsp3) is 0.261. The number of aryl methyl sites for hydroxylation is 2. The van der Waals surface area contributed by atoms with Crippen LogP contribution in [0.4, 0.5) is 0 Å². The number of pyridine rings is 1. The third kappa shape index (κ3) is 3.31. The molecule has 0 bridgehead atoms. The Kier molecular flexibility index (Phi) is 4.92. The van der Waals surface area contributed by atoms with Crippen molar-refractivity contribution in [2.24, 2.45) is 0 Å². The Balaban J connectivity index is 1.99. The number of ether oxygens (including phenoxy) is 1. The van der Waals surface area contributed by atoms with E-state index in [-0.39, 0.29) is 5.56 Å².